The Kier molecular flexibility index (Phi) is 7.81. The zero-order valence-electron chi connectivity index (χ0n) is 30.0. The molecule has 1 aliphatic rings. The van der Waals surface area contributed by atoms with E-state index in [1.807, 2.05) is 54.7 Å². The summed E-state index contributed by atoms with van der Waals surface area (Å²) in [5.41, 5.74) is 11.8. The van der Waals surface area contributed by atoms with Crippen molar-refractivity contribution in [3.05, 3.63) is 194 Å². The van der Waals surface area contributed by atoms with E-state index in [0.717, 1.165) is 72.3 Å². The molecule has 0 bridgehead atoms. The van der Waals surface area contributed by atoms with E-state index in [-0.39, 0.29) is 0 Å². The summed E-state index contributed by atoms with van der Waals surface area (Å²) in [7, 11) is 0. The molecule has 9 aromatic rings. The second-order valence-corrected chi connectivity index (χ2v) is 13.9. The van der Waals surface area contributed by atoms with Gasteiger partial charge in [-0.15, -0.1) is 0 Å². The Hall–Kier alpha value is -7.31. The second-order valence-electron chi connectivity index (χ2n) is 13.9. The number of rotatable bonds is 6. The first-order valence-corrected chi connectivity index (χ1v) is 18.3. The van der Waals surface area contributed by atoms with Gasteiger partial charge >= 0.3 is 0 Å². The number of benzene rings is 7. The van der Waals surface area contributed by atoms with Gasteiger partial charge in [-0.25, -0.2) is 24.9 Å². The average molecular weight is 708 g/mol. The number of nitrogens with zero attached hydrogens (tertiary/aromatic N) is 5. The van der Waals surface area contributed by atoms with Crippen LogP contribution in [-0.4, -0.2) is 24.9 Å². The lowest BCUT2D eigenvalue weighted by Crippen LogP contribution is -2.34. The van der Waals surface area contributed by atoms with E-state index in [1.54, 1.807) is 6.33 Å². The molecule has 6 nitrogen and oxygen atoms in total. The Morgan fingerprint density at radius 3 is 1.73 bits per heavy atom. The van der Waals surface area contributed by atoms with E-state index in [0.29, 0.717) is 17.5 Å². The first-order valence-electron chi connectivity index (χ1n) is 18.3. The number of fused-ring (bicyclic) bond motifs is 4. The van der Waals surface area contributed by atoms with Gasteiger partial charge in [-0.1, -0.05) is 164 Å². The minimum Gasteiger partial charge on any atom is -0.477 e. The molecule has 0 fully saturated rings. The summed E-state index contributed by atoms with van der Waals surface area (Å²) in [6, 6.07) is 58.4. The second kappa shape index (κ2) is 13.3. The fraction of sp³-hybridized carbons (Fsp3) is 0.0408. The summed E-state index contributed by atoms with van der Waals surface area (Å²) in [6.07, 6.45) is 3.43. The molecule has 7 aromatic carbocycles. The van der Waals surface area contributed by atoms with Crippen molar-refractivity contribution in [3.8, 4) is 73.3 Å². The molecule has 0 spiro atoms. The summed E-state index contributed by atoms with van der Waals surface area (Å²) in [6.45, 7) is 2.16. The highest BCUT2D eigenvalue weighted by molar-refractivity contribution is 5.93. The maximum atomic E-state index is 6.92. The van der Waals surface area contributed by atoms with Gasteiger partial charge in [0.25, 0.3) is 0 Å². The van der Waals surface area contributed by atoms with Crippen LogP contribution >= 0.6 is 0 Å². The van der Waals surface area contributed by atoms with Gasteiger partial charge in [-0.05, 0) is 40.8 Å². The Balaban J connectivity index is 1.000. The van der Waals surface area contributed by atoms with Crippen LogP contribution in [0.25, 0.3) is 78.4 Å². The first kappa shape index (κ1) is 32.3. The van der Waals surface area contributed by atoms with Gasteiger partial charge in [0.1, 0.15) is 12.1 Å². The van der Waals surface area contributed by atoms with Crippen molar-refractivity contribution in [3.63, 3.8) is 0 Å². The lowest BCUT2D eigenvalue weighted by atomic mass is 9.80. The lowest BCUT2D eigenvalue weighted by molar-refractivity contribution is 0.129. The molecule has 3 heterocycles. The molecule has 0 saturated heterocycles. The summed E-state index contributed by atoms with van der Waals surface area (Å²) in [5, 5.41) is 1.00. The van der Waals surface area contributed by atoms with E-state index >= 15 is 0 Å². The van der Waals surface area contributed by atoms with Crippen molar-refractivity contribution in [1.82, 2.24) is 24.9 Å². The van der Waals surface area contributed by atoms with Gasteiger partial charge in [0.15, 0.2) is 23.1 Å². The normalized spacial score (nSPS) is 14.5. The number of hydrogen-bond acceptors (Lipinski definition) is 6. The molecule has 2 aromatic heterocycles. The molecule has 6 heteroatoms. The standard InChI is InChI=1S/C49H33N5O/c1-49(39-14-6-3-7-15-39)43-18-9-8-16-41(43)42-28-27-37(29-44(42)55-49)32-19-23-35(24-20-32)47-52-46(34-11-4-2-5-12-34)53-48(54-47)36-25-21-33(22-26-36)40-17-10-13-38-30-50-31-51-45(38)40/h2-31H,1H3. The van der Waals surface area contributed by atoms with Crippen LogP contribution in [0.3, 0.4) is 0 Å². The van der Waals surface area contributed by atoms with Crippen molar-refractivity contribution >= 4 is 10.9 Å². The molecule has 1 atom stereocenters. The monoisotopic (exact) mass is 707 g/mol. The van der Waals surface area contributed by atoms with Gasteiger partial charge < -0.3 is 4.74 Å². The minimum absolute atomic E-state index is 0.605. The topological polar surface area (TPSA) is 73.7 Å². The van der Waals surface area contributed by atoms with Crippen LogP contribution in [0, 0.1) is 0 Å². The molecule has 1 unspecified atom stereocenters. The summed E-state index contributed by atoms with van der Waals surface area (Å²) in [4.78, 5) is 23.7. The summed E-state index contributed by atoms with van der Waals surface area (Å²) < 4.78 is 6.92. The molecule has 1 aliphatic heterocycles. The van der Waals surface area contributed by atoms with Gasteiger partial charge in [-0.3, -0.25) is 0 Å². The Morgan fingerprint density at radius 2 is 1.02 bits per heavy atom. The maximum absolute atomic E-state index is 6.92. The van der Waals surface area contributed by atoms with E-state index < -0.39 is 5.60 Å². The third kappa shape index (κ3) is 5.81. The first-order chi connectivity index (χ1) is 27.1. The number of hydrogen-bond donors (Lipinski definition) is 0. The number of ether oxygens (including phenoxy) is 1. The van der Waals surface area contributed by atoms with Crippen molar-refractivity contribution in [2.45, 2.75) is 12.5 Å². The van der Waals surface area contributed by atoms with Crippen LogP contribution in [0.5, 0.6) is 5.75 Å². The van der Waals surface area contributed by atoms with Crippen LogP contribution in [0.4, 0.5) is 0 Å². The molecule has 0 amide bonds. The Labute approximate surface area is 318 Å². The summed E-state index contributed by atoms with van der Waals surface area (Å²) >= 11 is 0. The minimum atomic E-state index is -0.620. The quantitative estimate of drug-likeness (QED) is 0.171. The molecular weight excluding hydrogens is 675 g/mol. The van der Waals surface area contributed by atoms with Crippen LogP contribution in [0.2, 0.25) is 0 Å². The average Bonchev–Trinajstić information content (AvgIpc) is 3.27. The van der Waals surface area contributed by atoms with E-state index in [9.17, 15) is 0 Å². The molecule has 0 aliphatic carbocycles. The van der Waals surface area contributed by atoms with Gasteiger partial charge in [-0.2, -0.15) is 0 Å². The third-order valence-electron chi connectivity index (χ3n) is 10.5. The van der Waals surface area contributed by atoms with Gasteiger partial charge in [0.2, 0.25) is 0 Å². The van der Waals surface area contributed by atoms with Crippen LogP contribution in [0.15, 0.2) is 182 Å². The highest BCUT2D eigenvalue weighted by Gasteiger charge is 2.38. The fourth-order valence-corrected chi connectivity index (χ4v) is 7.60. The molecule has 0 N–H and O–H groups in total. The smallest absolute Gasteiger partial charge is 0.164 e. The van der Waals surface area contributed by atoms with Crippen molar-refractivity contribution < 1.29 is 4.74 Å². The molecule has 10 rings (SSSR count). The predicted molar refractivity (Wildman–Crippen MR) is 219 cm³/mol. The molecule has 55 heavy (non-hydrogen) atoms. The maximum Gasteiger partial charge on any atom is 0.164 e. The van der Waals surface area contributed by atoms with Crippen molar-refractivity contribution in [2.24, 2.45) is 0 Å². The third-order valence-corrected chi connectivity index (χ3v) is 10.5. The van der Waals surface area contributed by atoms with Crippen molar-refractivity contribution in [2.75, 3.05) is 0 Å². The molecular formula is C49H33N5O. The van der Waals surface area contributed by atoms with E-state index in [1.165, 1.54) is 5.56 Å². The summed E-state index contributed by atoms with van der Waals surface area (Å²) in [5.74, 6) is 2.69. The Bertz CT molecular complexity index is 2840. The van der Waals surface area contributed by atoms with Gasteiger partial charge in [0, 0.05) is 45.0 Å². The van der Waals surface area contributed by atoms with Gasteiger partial charge in [0.05, 0.1) is 5.52 Å². The Morgan fingerprint density at radius 1 is 0.455 bits per heavy atom. The predicted octanol–water partition coefficient (Wildman–Crippen LogP) is 11.5. The SMILES string of the molecule is CC1(c2ccccc2)Oc2cc(-c3ccc(-c4nc(-c5ccccc5)nc(-c5ccc(-c6cccc7cncnc67)cc5)n4)cc3)ccc2-c2ccccc21. The molecule has 260 valence electrons. The van der Waals surface area contributed by atoms with Crippen LogP contribution < -0.4 is 4.74 Å². The van der Waals surface area contributed by atoms with E-state index in [4.69, 9.17) is 19.7 Å². The van der Waals surface area contributed by atoms with Crippen LogP contribution in [0.1, 0.15) is 18.1 Å². The van der Waals surface area contributed by atoms with E-state index in [2.05, 4.69) is 138 Å². The van der Waals surface area contributed by atoms with Crippen LogP contribution in [-0.2, 0) is 5.60 Å². The zero-order chi connectivity index (χ0) is 36.8. The van der Waals surface area contributed by atoms with Crippen molar-refractivity contribution in [1.29, 1.82) is 0 Å². The zero-order valence-corrected chi connectivity index (χ0v) is 30.0. The molecule has 0 radical (unpaired) electrons. The highest BCUT2D eigenvalue weighted by atomic mass is 16.5. The fourth-order valence-electron chi connectivity index (χ4n) is 7.60. The number of para-hydroxylation sites is 1. The lowest BCUT2D eigenvalue weighted by Gasteiger charge is -2.38. The molecule has 0 saturated carbocycles. The number of aromatic nitrogens is 5. The largest absolute Gasteiger partial charge is 0.477 e. The highest BCUT2D eigenvalue weighted by Crippen LogP contribution is 2.49.